The quantitative estimate of drug-likeness (QED) is 0.571. The van der Waals surface area contributed by atoms with Crippen LogP contribution in [-0.4, -0.2) is 12.2 Å². The minimum atomic E-state index is -0.611. The summed E-state index contributed by atoms with van der Waals surface area (Å²) < 4.78 is 0. The van der Waals surface area contributed by atoms with Gasteiger partial charge in [-0.3, -0.25) is 9.59 Å². The Hall–Kier alpha value is -1.64. The van der Waals surface area contributed by atoms with Gasteiger partial charge in [-0.1, -0.05) is 17.7 Å². The molecule has 0 aromatic heterocycles. The molecule has 3 nitrogen and oxygen atoms in total. The fourth-order valence-corrected chi connectivity index (χ4v) is 1.53. The summed E-state index contributed by atoms with van der Waals surface area (Å²) in [6.07, 6.45) is 0.277. The zero-order chi connectivity index (χ0) is 10.7. The van der Waals surface area contributed by atoms with Crippen molar-refractivity contribution in [3.63, 3.8) is 0 Å². The molecule has 0 aliphatic carbocycles. The number of hydrogen-bond acceptors (Lipinski definition) is 2. The third-order valence-electron chi connectivity index (χ3n) is 2.03. The van der Waals surface area contributed by atoms with Gasteiger partial charge in [-0.2, -0.15) is 0 Å². The third kappa shape index (κ3) is 2.19. The van der Waals surface area contributed by atoms with Crippen LogP contribution in [0.15, 0.2) is 12.1 Å². The lowest BCUT2D eigenvalue weighted by molar-refractivity contribution is -0.127. The summed E-state index contributed by atoms with van der Waals surface area (Å²) in [4.78, 5) is 21.1. The lowest BCUT2D eigenvalue weighted by atomic mass is 10.1. The third-order valence-corrected chi connectivity index (χ3v) is 2.03. The lowest BCUT2D eigenvalue weighted by Gasteiger charge is -2.10. The van der Waals surface area contributed by atoms with Gasteiger partial charge in [0.25, 0.3) is 5.91 Å². The summed E-state index contributed by atoms with van der Waals surface area (Å²) in [5.41, 5.74) is 3.81. The number of nitrogens with one attached hydrogen (secondary N) is 1. The molecule has 74 valence electrons. The Balaban J connectivity index is 3.08. The van der Waals surface area contributed by atoms with E-state index < -0.39 is 5.91 Å². The van der Waals surface area contributed by atoms with Gasteiger partial charge in [0.2, 0.25) is 6.29 Å². The van der Waals surface area contributed by atoms with Crippen LogP contribution in [0.4, 0.5) is 5.69 Å². The highest BCUT2D eigenvalue weighted by Gasteiger charge is 2.06. The number of anilines is 1. The molecule has 0 unspecified atom stereocenters. The van der Waals surface area contributed by atoms with Crippen molar-refractivity contribution in [1.29, 1.82) is 0 Å². The maximum atomic E-state index is 10.9. The first kappa shape index (κ1) is 10.4. The Labute approximate surface area is 83.1 Å². The number of carbonyl (C=O) groups is 2. The van der Waals surface area contributed by atoms with Crippen molar-refractivity contribution in [2.75, 3.05) is 5.32 Å². The van der Waals surface area contributed by atoms with Gasteiger partial charge in [-0.15, -0.1) is 0 Å². The molecule has 0 saturated heterocycles. The second-order valence-corrected chi connectivity index (χ2v) is 3.38. The van der Waals surface area contributed by atoms with Crippen LogP contribution in [0.5, 0.6) is 0 Å². The van der Waals surface area contributed by atoms with Gasteiger partial charge in [0.1, 0.15) is 0 Å². The molecule has 1 amide bonds. The number of aldehydes is 1. The number of aryl methyl sites for hydroxylation is 3. The molecule has 14 heavy (non-hydrogen) atoms. The second kappa shape index (κ2) is 4.05. The fraction of sp³-hybridized carbons (Fsp3) is 0.273. The van der Waals surface area contributed by atoms with E-state index in [2.05, 4.69) is 5.32 Å². The Bertz CT molecular complexity index is 360. The minimum absolute atomic E-state index is 0.277. The van der Waals surface area contributed by atoms with Gasteiger partial charge < -0.3 is 5.32 Å². The SMILES string of the molecule is Cc1cc(C)c(NC(=O)C=O)c(C)c1. The predicted octanol–water partition coefficient (Wildman–Crippen LogP) is 1.75. The summed E-state index contributed by atoms with van der Waals surface area (Å²) in [5.74, 6) is -0.611. The smallest absolute Gasteiger partial charge is 0.288 e. The van der Waals surface area contributed by atoms with Gasteiger partial charge in [-0.05, 0) is 31.9 Å². The predicted molar refractivity (Wildman–Crippen MR) is 55.3 cm³/mol. The van der Waals surface area contributed by atoms with E-state index in [1.165, 1.54) is 0 Å². The first-order chi connectivity index (χ1) is 6.54. The summed E-state index contributed by atoms with van der Waals surface area (Å²) >= 11 is 0. The van der Waals surface area contributed by atoms with Gasteiger partial charge in [-0.25, -0.2) is 0 Å². The summed E-state index contributed by atoms with van der Waals surface area (Å²) in [5, 5.41) is 2.55. The molecule has 0 aliphatic heterocycles. The molecule has 0 atom stereocenters. The van der Waals surface area contributed by atoms with Gasteiger partial charge in [0, 0.05) is 5.69 Å². The number of carbonyl (C=O) groups excluding carboxylic acids is 2. The summed E-state index contributed by atoms with van der Waals surface area (Å²) in [7, 11) is 0. The highest BCUT2D eigenvalue weighted by Crippen LogP contribution is 2.21. The van der Waals surface area contributed by atoms with Crippen LogP contribution in [0.25, 0.3) is 0 Å². The first-order valence-electron chi connectivity index (χ1n) is 4.38. The van der Waals surface area contributed by atoms with Crippen molar-refractivity contribution in [1.82, 2.24) is 0 Å². The largest absolute Gasteiger partial charge is 0.319 e. The molecule has 0 fully saturated rings. The number of rotatable bonds is 2. The van der Waals surface area contributed by atoms with E-state index in [4.69, 9.17) is 0 Å². The average molecular weight is 191 g/mol. The van der Waals surface area contributed by atoms with Crippen LogP contribution in [-0.2, 0) is 9.59 Å². The number of hydrogen-bond donors (Lipinski definition) is 1. The zero-order valence-corrected chi connectivity index (χ0v) is 8.55. The molecule has 3 heteroatoms. The van der Waals surface area contributed by atoms with E-state index in [1.807, 2.05) is 32.9 Å². The molecule has 0 bridgehead atoms. The van der Waals surface area contributed by atoms with Crippen molar-refractivity contribution in [2.45, 2.75) is 20.8 Å². The van der Waals surface area contributed by atoms with Crippen molar-refractivity contribution in [2.24, 2.45) is 0 Å². The van der Waals surface area contributed by atoms with E-state index in [0.29, 0.717) is 0 Å². The zero-order valence-electron chi connectivity index (χ0n) is 8.55. The van der Waals surface area contributed by atoms with Crippen LogP contribution >= 0.6 is 0 Å². The van der Waals surface area contributed by atoms with Crippen molar-refractivity contribution in [3.8, 4) is 0 Å². The van der Waals surface area contributed by atoms with Gasteiger partial charge in [0.15, 0.2) is 0 Å². The average Bonchev–Trinajstić information content (AvgIpc) is 2.10. The monoisotopic (exact) mass is 191 g/mol. The van der Waals surface area contributed by atoms with E-state index in [0.717, 1.165) is 22.4 Å². The number of benzene rings is 1. The van der Waals surface area contributed by atoms with Crippen molar-refractivity contribution in [3.05, 3.63) is 28.8 Å². The second-order valence-electron chi connectivity index (χ2n) is 3.38. The molecule has 0 saturated carbocycles. The molecule has 1 aromatic rings. The number of amides is 1. The van der Waals surface area contributed by atoms with Crippen LogP contribution in [0.2, 0.25) is 0 Å². The van der Waals surface area contributed by atoms with Gasteiger partial charge >= 0.3 is 0 Å². The Kier molecular flexibility index (Phi) is 3.02. The molecule has 1 rings (SSSR count). The molecule has 0 heterocycles. The Morgan fingerprint density at radius 1 is 1.21 bits per heavy atom. The van der Waals surface area contributed by atoms with Crippen LogP contribution in [0, 0.1) is 20.8 Å². The molecule has 1 aromatic carbocycles. The van der Waals surface area contributed by atoms with Crippen molar-refractivity contribution >= 4 is 17.9 Å². The minimum Gasteiger partial charge on any atom is -0.319 e. The van der Waals surface area contributed by atoms with E-state index in [9.17, 15) is 9.59 Å². The van der Waals surface area contributed by atoms with E-state index >= 15 is 0 Å². The molecule has 0 spiro atoms. The molecule has 1 N–H and O–H groups in total. The van der Waals surface area contributed by atoms with Crippen molar-refractivity contribution < 1.29 is 9.59 Å². The first-order valence-corrected chi connectivity index (χ1v) is 4.38. The van der Waals surface area contributed by atoms with E-state index in [1.54, 1.807) is 0 Å². The van der Waals surface area contributed by atoms with Crippen LogP contribution in [0.1, 0.15) is 16.7 Å². The molecule has 0 aliphatic rings. The standard InChI is InChI=1S/C11H13NO2/c1-7-4-8(2)11(9(3)5-7)12-10(14)6-13/h4-6H,1-3H3,(H,12,14). The molecule has 0 radical (unpaired) electrons. The topological polar surface area (TPSA) is 46.2 Å². The summed E-state index contributed by atoms with van der Waals surface area (Å²) in [6.45, 7) is 5.80. The maximum Gasteiger partial charge on any atom is 0.288 e. The molecular formula is C11H13NO2. The fourth-order valence-electron chi connectivity index (χ4n) is 1.53. The van der Waals surface area contributed by atoms with E-state index in [-0.39, 0.29) is 6.29 Å². The van der Waals surface area contributed by atoms with Gasteiger partial charge in [0.05, 0.1) is 0 Å². The Morgan fingerprint density at radius 3 is 2.14 bits per heavy atom. The highest BCUT2D eigenvalue weighted by molar-refractivity contribution is 6.29. The highest BCUT2D eigenvalue weighted by atomic mass is 16.2. The lowest BCUT2D eigenvalue weighted by Crippen LogP contribution is -2.14. The molecular weight excluding hydrogens is 178 g/mol. The van der Waals surface area contributed by atoms with Crippen LogP contribution < -0.4 is 5.32 Å². The normalized spacial score (nSPS) is 9.64. The Morgan fingerprint density at radius 2 is 1.71 bits per heavy atom. The maximum absolute atomic E-state index is 10.9. The summed E-state index contributed by atoms with van der Waals surface area (Å²) in [6, 6.07) is 3.93. The van der Waals surface area contributed by atoms with Crippen LogP contribution in [0.3, 0.4) is 0 Å².